The number of aliphatic hydroxyl groups is 5. The number of rotatable bonds is 10. The van der Waals surface area contributed by atoms with E-state index in [1.165, 1.54) is 24.1 Å². The zero-order valence-electron chi connectivity index (χ0n) is 23.0. The van der Waals surface area contributed by atoms with E-state index in [-0.39, 0.29) is 43.0 Å². The second-order valence-electron chi connectivity index (χ2n) is 10.4. The molecule has 0 aliphatic carbocycles. The summed E-state index contributed by atoms with van der Waals surface area (Å²) < 4.78 is 19.4. The average Bonchev–Trinajstić information content (AvgIpc) is 3.26. The lowest BCUT2D eigenvalue weighted by atomic mass is 9.55. The van der Waals surface area contributed by atoms with Crippen LogP contribution in [0.3, 0.4) is 0 Å². The molecule has 1 fully saturated rings. The monoisotopic (exact) mass is 592 g/mol. The van der Waals surface area contributed by atoms with Gasteiger partial charge in [-0.25, -0.2) is 4.39 Å². The topological polar surface area (TPSA) is 192 Å². The molecule has 43 heavy (non-hydrogen) atoms. The van der Waals surface area contributed by atoms with Crippen molar-refractivity contribution in [1.82, 2.24) is 15.1 Å². The lowest BCUT2D eigenvalue weighted by Crippen LogP contribution is -2.84. The van der Waals surface area contributed by atoms with Gasteiger partial charge in [0.25, 0.3) is 11.9 Å². The number of morpholine rings is 1. The lowest BCUT2D eigenvalue weighted by molar-refractivity contribution is -0.549. The van der Waals surface area contributed by atoms with Gasteiger partial charge >= 0.3 is 5.97 Å². The molecule has 2 aromatic carbocycles. The first-order chi connectivity index (χ1) is 20.0. The number of likely N-dealkylation sites (N-methyl/N-ethyl adjacent to an activating group) is 1. The molecule has 0 bridgehead atoms. The van der Waals surface area contributed by atoms with Gasteiger partial charge in [0.1, 0.15) is 26.0 Å². The van der Waals surface area contributed by atoms with E-state index in [1.807, 2.05) is 0 Å². The number of halogens is 1. The molecule has 6 radical (unpaired) electrons. The van der Waals surface area contributed by atoms with E-state index in [2.05, 4.69) is 15.4 Å². The Kier molecular flexibility index (Phi) is 8.83. The number of fused-ring (bicyclic) bond motifs is 1. The maximum absolute atomic E-state index is 15.2. The number of carbonyl (C=O) groups excluding carboxylic acids is 3. The zero-order valence-corrected chi connectivity index (χ0v) is 23.0. The molecule has 0 saturated carbocycles. The van der Waals surface area contributed by atoms with Gasteiger partial charge in [-0.05, 0) is 30.2 Å². The van der Waals surface area contributed by atoms with Crippen LogP contribution in [0, 0.1) is 5.82 Å². The average molecular weight is 592 g/mol. The number of hydrogen-bond donors (Lipinski definition) is 7. The molecule has 0 spiro atoms. The van der Waals surface area contributed by atoms with Crippen LogP contribution in [0.15, 0.2) is 36.4 Å². The third-order valence-electron chi connectivity index (χ3n) is 7.55. The molecule has 1 saturated heterocycles. The Morgan fingerprint density at radius 2 is 1.84 bits per heavy atom. The minimum Gasteiger partial charge on any atom is -0.381 e. The van der Waals surface area contributed by atoms with Crippen molar-refractivity contribution in [3.05, 3.63) is 64.5 Å². The maximum atomic E-state index is 15.2. The molecule has 2 unspecified atom stereocenters. The summed E-state index contributed by atoms with van der Waals surface area (Å²) in [5.74, 6) is -8.89. The molecule has 2 amide bonds. The van der Waals surface area contributed by atoms with Crippen molar-refractivity contribution in [2.24, 2.45) is 0 Å². The molecule has 222 valence electrons. The number of carbonyl (C=O) groups is 3. The Hall–Kier alpha value is -3.31. The molecule has 13 nitrogen and oxygen atoms in total. The Morgan fingerprint density at radius 1 is 1.14 bits per heavy atom. The second kappa shape index (κ2) is 11.7. The van der Waals surface area contributed by atoms with Gasteiger partial charge in [0.15, 0.2) is 5.62 Å². The molecule has 2 aliphatic rings. The molecular weight excluding hydrogens is 564 g/mol. The highest BCUT2D eigenvalue weighted by Crippen LogP contribution is 2.41. The van der Waals surface area contributed by atoms with Gasteiger partial charge in [0.05, 0.1) is 15.7 Å². The minimum atomic E-state index is -3.75. The van der Waals surface area contributed by atoms with Gasteiger partial charge in [-0.15, -0.1) is 0 Å². The molecule has 17 heteroatoms. The third-order valence-corrected chi connectivity index (χ3v) is 7.55. The number of aldehydes is 1. The minimum absolute atomic E-state index is 0.0382. The first-order valence-electron chi connectivity index (χ1n) is 13.0. The van der Waals surface area contributed by atoms with E-state index in [9.17, 15) is 39.9 Å². The fraction of sp³-hybridized carbons (Fsp3) is 0.423. The van der Waals surface area contributed by atoms with Crippen molar-refractivity contribution in [2.45, 2.75) is 61.4 Å². The predicted octanol–water partition coefficient (Wildman–Crippen LogP) is -2.60. The molecule has 2 atom stereocenters. The standard InChI is InChI=1S/C26H28B3FN4O9/c1-31-21(36)20(6-3-9-35)33-13-17-16(22(33)37)4-2-5-19(17)32-11-15-8-7-14(10-18(15)30)12-34-23(27,28)25(39,40)43-26(41,42)24(34,29)38/h2,4-5,7-10,20,32,38-42H,3,6,11-13H2,1H3,(H,31,36). The van der Waals surface area contributed by atoms with Crippen LogP contribution in [0.5, 0.6) is 0 Å². The molecule has 2 heterocycles. The van der Waals surface area contributed by atoms with E-state index in [0.29, 0.717) is 28.0 Å². The Labute approximate surface area is 249 Å². The Morgan fingerprint density at radius 3 is 2.47 bits per heavy atom. The summed E-state index contributed by atoms with van der Waals surface area (Å²) in [5, 5.41) is 53.1. The smallest absolute Gasteiger partial charge is 0.317 e. The summed E-state index contributed by atoms with van der Waals surface area (Å²) in [6.07, 6.45) is 0.919. The van der Waals surface area contributed by atoms with E-state index in [1.54, 1.807) is 18.2 Å². The second-order valence-corrected chi connectivity index (χ2v) is 10.4. The van der Waals surface area contributed by atoms with Gasteiger partial charge in [-0.2, -0.15) is 0 Å². The number of nitrogens with zero attached hydrogens (tertiary/aromatic N) is 2. The van der Waals surface area contributed by atoms with Crippen LogP contribution in [0.1, 0.15) is 39.9 Å². The Bertz CT molecular complexity index is 1400. The SMILES string of the molecule is [B]C1([B])N(Cc2ccc(CNc3cccc4c3CN(C(CCC=O)C(=O)NC)C4=O)c(F)c2)C([B])(O)C(O)(O)OC1(O)O. The number of nitrogens with one attached hydrogen (secondary N) is 2. The van der Waals surface area contributed by atoms with Crippen LogP contribution in [-0.2, 0) is 34.0 Å². The normalized spacial score (nSPS) is 23.0. The quantitative estimate of drug-likeness (QED) is 0.0871. The summed E-state index contributed by atoms with van der Waals surface area (Å²) >= 11 is 0. The number of benzene rings is 2. The highest BCUT2D eigenvalue weighted by Gasteiger charge is 2.66. The summed E-state index contributed by atoms with van der Waals surface area (Å²) in [6, 6.07) is 7.82. The van der Waals surface area contributed by atoms with Crippen molar-refractivity contribution in [3.8, 4) is 0 Å². The van der Waals surface area contributed by atoms with E-state index in [0.717, 1.165) is 6.07 Å². The Balaban J connectivity index is 1.52. The van der Waals surface area contributed by atoms with Crippen LogP contribution in [0.2, 0.25) is 0 Å². The van der Waals surface area contributed by atoms with Gasteiger partial charge in [-0.1, -0.05) is 18.2 Å². The summed E-state index contributed by atoms with van der Waals surface area (Å²) in [7, 11) is 18.4. The highest BCUT2D eigenvalue weighted by atomic mass is 19.1. The van der Waals surface area contributed by atoms with Gasteiger partial charge < -0.3 is 45.9 Å². The van der Waals surface area contributed by atoms with Crippen LogP contribution in [-0.4, -0.2) is 113 Å². The van der Waals surface area contributed by atoms with Gasteiger partial charge in [0, 0.05) is 60.8 Å². The van der Waals surface area contributed by atoms with E-state index >= 15 is 4.39 Å². The van der Waals surface area contributed by atoms with Crippen molar-refractivity contribution in [3.63, 3.8) is 0 Å². The fourth-order valence-corrected chi connectivity index (χ4v) is 5.04. The van der Waals surface area contributed by atoms with Crippen LogP contribution >= 0.6 is 0 Å². The number of anilines is 1. The largest absolute Gasteiger partial charge is 0.381 e. The molecular formula is C26H28B3FN4O9. The lowest BCUT2D eigenvalue weighted by Gasteiger charge is -2.61. The summed E-state index contributed by atoms with van der Waals surface area (Å²) in [5.41, 5.74) is -1.60. The van der Waals surface area contributed by atoms with Crippen molar-refractivity contribution in [2.75, 3.05) is 12.4 Å². The molecule has 0 aromatic heterocycles. The van der Waals surface area contributed by atoms with Crippen LogP contribution in [0.4, 0.5) is 10.1 Å². The fourth-order valence-electron chi connectivity index (χ4n) is 5.04. The molecule has 2 aliphatic heterocycles. The van der Waals surface area contributed by atoms with Crippen molar-refractivity contribution in [1.29, 1.82) is 0 Å². The van der Waals surface area contributed by atoms with Crippen molar-refractivity contribution >= 4 is 47.3 Å². The summed E-state index contributed by atoms with van der Waals surface area (Å²) in [4.78, 5) is 38.2. The third kappa shape index (κ3) is 5.81. The molecule has 4 rings (SSSR count). The first-order valence-corrected chi connectivity index (χ1v) is 13.0. The van der Waals surface area contributed by atoms with Crippen LogP contribution < -0.4 is 10.6 Å². The van der Waals surface area contributed by atoms with Gasteiger partial charge in [0.2, 0.25) is 5.91 Å². The molecule has 7 N–H and O–H groups in total. The number of amides is 2. The van der Waals surface area contributed by atoms with E-state index in [4.69, 9.17) is 23.5 Å². The van der Waals surface area contributed by atoms with Crippen LogP contribution in [0.25, 0.3) is 0 Å². The predicted molar refractivity (Wildman–Crippen MR) is 149 cm³/mol. The molecule has 2 aromatic rings. The van der Waals surface area contributed by atoms with Gasteiger partial charge in [-0.3, -0.25) is 19.2 Å². The zero-order chi connectivity index (χ0) is 32.0. The number of ether oxygens (including phenoxy) is 1. The highest BCUT2D eigenvalue weighted by molar-refractivity contribution is 6.41. The van der Waals surface area contributed by atoms with E-state index < -0.39 is 47.2 Å². The number of hydrogen-bond acceptors (Lipinski definition) is 11. The summed E-state index contributed by atoms with van der Waals surface area (Å²) in [6.45, 7) is -0.657. The first kappa shape index (κ1) is 32.6. The van der Waals surface area contributed by atoms with Crippen molar-refractivity contribution < 1.29 is 49.0 Å². The maximum Gasteiger partial charge on any atom is 0.317 e.